The molecule has 0 amide bonds. The van der Waals surface area contributed by atoms with Crippen LogP contribution in [0.25, 0.3) is 0 Å². The predicted molar refractivity (Wildman–Crippen MR) is 28.7 cm³/mol. The van der Waals surface area contributed by atoms with Gasteiger partial charge in [-0.3, -0.25) is 4.79 Å². The SMILES string of the molecule is CC(C=O)=CBr. The molecule has 0 fully saturated rings. The molecule has 0 saturated carbocycles. The number of allylic oxidation sites excluding steroid dienone is 1. The van der Waals surface area contributed by atoms with Crippen molar-refractivity contribution in [1.29, 1.82) is 0 Å². The summed E-state index contributed by atoms with van der Waals surface area (Å²) in [6.07, 6.45) is 0.786. The Labute approximate surface area is 45.2 Å². The molecule has 0 bridgehead atoms. The van der Waals surface area contributed by atoms with E-state index in [9.17, 15) is 4.79 Å². The number of hydrogen-bond acceptors (Lipinski definition) is 1. The third-order valence-electron chi connectivity index (χ3n) is 0.358. The maximum Gasteiger partial charge on any atom is 0.146 e. The Morgan fingerprint density at radius 1 is 1.83 bits per heavy atom. The van der Waals surface area contributed by atoms with Gasteiger partial charge in [0.15, 0.2) is 0 Å². The molecule has 0 aromatic carbocycles. The smallest absolute Gasteiger partial charge is 0.146 e. The topological polar surface area (TPSA) is 17.1 Å². The first-order valence-corrected chi connectivity index (χ1v) is 2.45. The molecule has 34 valence electrons. The van der Waals surface area contributed by atoms with E-state index in [0.717, 1.165) is 6.29 Å². The molecule has 2 heteroatoms. The van der Waals surface area contributed by atoms with Gasteiger partial charge in [0.25, 0.3) is 0 Å². The van der Waals surface area contributed by atoms with E-state index in [4.69, 9.17) is 0 Å². The van der Waals surface area contributed by atoms with Crippen molar-refractivity contribution in [3.63, 3.8) is 0 Å². The van der Waals surface area contributed by atoms with Crippen LogP contribution >= 0.6 is 15.9 Å². The summed E-state index contributed by atoms with van der Waals surface area (Å²) in [5.41, 5.74) is 0.704. The fourth-order valence-corrected chi connectivity index (χ4v) is 0.134. The average Bonchev–Trinajstić information content (AvgIpc) is 1.65. The normalized spacial score (nSPS) is 11.3. The summed E-state index contributed by atoms with van der Waals surface area (Å²) in [5.74, 6) is 0. The number of carbonyl (C=O) groups is 1. The van der Waals surface area contributed by atoms with E-state index in [1.165, 1.54) is 0 Å². The fourth-order valence-electron chi connectivity index (χ4n) is 0.0257. The largest absolute Gasteiger partial charge is 0.298 e. The van der Waals surface area contributed by atoms with Crippen LogP contribution in [0.2, 0.25) is 0 Å². The number of rotatable bonds is 1. The first-order chi connectivity index (χ1) is 2.81. The van der Waals surface area contributed by atoms with Crippen molar-refractivity contribution in [3.05, 3.63) is 10.6 Å². The second kappa shape index (κ2) is 3.09. The van der Waals surface area contributed by atoms with Crippen LogP contribution in [0.15, 0.2) is 10.6 Å². The Bertz CT molecular complexity index is 75.6. The van der Waals surface area contributed by atoms with E-state index in [0.29, 0.717) is 5.57 Å². The molecule has 1 nitrogen and oxygen atoms in total. The Hall–Kier alpha value is -0.110. The molecule has 0 aliphatic rings. The van der Waals surface area contributed by atoms with Crippen LogP contribution in [-0.4, -0.2) is 6.29 Å². The van der Waals surface area contributed by atoms with Gasteiger partial charge in [0.2, 0.25) is 0 Å². The van der Waals surface area contributed by atoms with Gasteiger partial charge in [-0.1, -0.05) is 15.9 Å². The first kappa shape index (κ1) is 5.89. The van der Waals surface area contributed by atoms with E-state index in [1.54, 1.807) is 11.9 Å². The minimum atomic E-state index is 0.704. The van der Waals surface area contributed by atoms with Gasteiger partial charge in [-0.15, -0.1) is 0 Å². The Morgan fingerprint density at radius 3 is 2.33 bits per heavy atom. The lowest BCUT2D eigenvalue weighted by atomic mass is 10.4. The van der Waals surface area contributed by atoms with Crippen LogP contribution in [-0.2, 0) is 4.79 Å². The predicted octanol–water partition coefficient (Wildman–Crippen LogP) is 1.48. The molecule has 0 unspecified atom stereocenters. The molecule has 0 aliphatic carbocycles. The van der Waals surface area contributed by atoms with Gasteiger partial charge < -0.3 is 0 Å². The van der Waals surface area contributed by atoms with Crippen LogP contribution in [0.3, 0.4) is 0 Å². The van der Waals surface area contributed by atoms with Gasteiger partial charge in [-0.25, -0.2) is 0 Å². The minimum absolute atomic E-state index is 0.704. The van der Waals surface area contributed by atoms with Gasteiger partial charge in [-0.05, 0) is 17.5 Å². The molecule has 0 radical (unpaired) electrons. The van der Waals surface area contributed by atoms with Gasteiger partial charge >= 0.3 is 0 Å². The molecule has 0 rings (SSSR count). The Kier molecular flexibility index (Phi) is 3.04. The van der Waals surface area contributed by atoms with Crippen LogP contribution in [0.4, 0.5) is 0 Å². The molecule has 0 atom stereocenters. The summed E-state index contributed by atoms with van der Waals surface area (Å²) in [6.45, 7) is 1.72. The second-order valence-corrected chi connectivity index (χ2v) is 1.43. The Morgan fingerprint density at radius 2 is 2.33 bits per heavy atom. The average molecular weight is 149 g/mol. The summed E-state index contributed by atoms with van der Waals surface area (Å²) in [7, 11) is 0. The molecule has 0 saturated heterocycles. The van der Waals surface area contributed by atoms with Crippen molar-refractivity contribution in [2.45, 2.75) is 6.92 Å². The standard InChI is InChI=1S/C4H5BrO/c1-4(2-5)3-6/h2-3H,1H3. The summed E-state index contributed by atoms with van der Waals surface area (Å²) >= 11 is 2.98. The van der Waals surface area contributed by atoms with E-state index >= 15 is 0 Å². The van der Waals surface area contributed by atoms with Crippen molar-refractivity contribution in [1.82, 2.24) is 0 Å². The second-order valence-electron chi connectivity index (χ2n) is 0.971. The highest BCUT2D eigenvalue weighted by Gasteiger charge is 1.73. The van der Waals surface area contributed by atoms with Crippen molar-refractivity contribution in [3.8, 4) is 0 Å². The summed E-state index contributed by atoms with van der Waals surface area (Å²) in [6, 6.07) is 0. The van der Waals surface area contributed by atoms with E-state index < -0.39 is 0 Å². The quantitative estimate of drug-likeness (QED) is 0.407. The minimum Gasteiger partial charge on any atom is -0.298 e. The molecule has 0 spiro atoms. The van der Waals surface area contributed by atoms with Gasteiger partial charge in [0.05, 0.1) is 0 Å². The summed E-state index contributed by atoms with van der Waals surface area (Å²) in [5, 5.41) is 0. The number of hydrogen-bond donors (Lipinski definition) is 0. The highest BCUT2D eigenvalue weighted by atomic mass is 79.9. The zero-order chi connectivity index (χ0) is 4.99. The highest BCUT2D eigenvalue weighted by Crippen LogP contribution is 1.89. The van der Waals surface area contributed by atoms with Crippen molar-refractivity contribution in [2.75, 3.05) is 0 Å². The zero-order valence-corrected chi connectivity index (χ0v) is 5.03. The lowest BCUT2D eigenvalue weighted by Crippen LogP contribution is -1.68. The lowest BCUT2D eigenvalue weighted by molar-refractivity contribution is -0.104. The zero-order valence-electron chi connectivity index (χ0n) is 3.44. The first-order valence-electron chi connectivity index (χ1n) is 1.53. The number of halogens is 1. The highest BCUT2D eigenvalue weighted by molar-refractivity contribution is 9.11. The molecular formula is C4H5BrO. The molecule has 0 aliphatic heterocycles. The number of carbonyl (C=O) groups excluding carboxylic acids is 1. The van der Waals surface area contributed by atoms with E-state index in [-0.39, 0.29) is 0 Å². The molecule has 6 heavy (non-hydrogen) atoms. The van der Waals surface area contributed by atoms with Crippen LogP contribution in [0.5, 0.6) is 0 Å². The molecule has 0 aromatic heterocycles. The lowest BCUT2D eigenvalue weighted by Gasteiger charge is -1.72. The molecule has 0 N–H and O–H groups in total. The Balaban J connectivity index is 3.50. The van der Waals surface area contributed by atoms with Crippen molar-refractivity contribution in [2.24, 2.45) is 0 Å². The van der Waals surface area contributed by atoms with Gasteiger partial charge in [-0.2, -0.15) is 0 Å². The fraction of sp³-hybridized carbons (Fsp3) is 0.250. The van der Waals surface area contributed by atoms with Crippen LogP contribution < -0.4 is 0 Å². The van der Waals surface area contributed by atoms with Crippen LogP contribution in [0.1, 0.15) is 6.92 Å². The molecular weight excluding hydrogens is 144 g/mol. The summed E-state index contributed by atoms with van der Waals surface area (Å²) < 4.78 is 0. The molecule has 0 heterocycles. The molecule has 0 aromatic rings. The monoisotopic (exact) mass is 148 g/mol. The van der Waals surface area contributed by atoms with Crippen molar-refractivity contribution < 1.29 is 4.79 Å². The third kappa shape index (κ3) is 2.15. The third-order valence-corrected chi connectivity index (χ3v) is 1.08. The maximum atomic E-state index is 9.64. The van der Waals surface area contributed by atoms with E-state index in [1.807, 2.05) is 0 Å². The van der Waals surface area contributed by atoms with Gasteiger partial charge in [0, 0.05) is 0 Å². The van der Waals surface area contributed by atoms with Crippen LogP contribution in [0, 0.1) is 0 Å². The van der Waals surface area contributed by atoms with Crippen molar-refractivity contribution >= 4 is 22.2 Å². The summed E-state index contributed by atoms with van der Waals surface area (Å²) in [4.78, 5) is 11.2. The van der Waals surface area contributed by atoms with Gasteiger partial charge in [0.1, 0.15) is 6.29 Å². The number of aldehydes is 1. The van der Waals surface area contributed by atoms with E-state index in [2.05, 4.69) is 15.9 Å². The maximum absolute atomic E-state index is 9.64.